The highest BCUT2D eigenvalue weighted by Gasteiger charge is 2.29. The van der Waals surface area contributed by atoms with E-state index in [1.807, 2.05) is 36.0 Å². The number of aryl methyl sites for hydroxylation is 1. The van der Waals surface area contributed by atoms with Gasteiger partial charge in [-0.2, -0.15) is 9.47 Å². The number of nitrogens with zero attached hydrogens (tertiary/aromatic N) is 5. The van der Waals surface area contributed by atoms with Crippen molar-refractivity contribution in [2.24, 2.45) is 0 Å². The average Bonchev–Trinajstić information content (AvgIpc) is 3.46. The van der Waals surface area contributed by atoms with E-state index in [0.29, 0.717) is 5.82 Å². The van der Waals surface area contributed by atoms with Crippen molar-refractivity contribution in [1.29, 1.82) is 0 Å². The maximum atomic E-state index is 9.70. The second kappa shape index (κ2) is 8.13. The SMILES string of the molecule is CC[NH+](Cc1cc(Nc2nc(C)cn3c(-c4cn[nH]c4)cnc23)sn1)C(C)(C)CO. The van der Waals surface area contributed by atoms with E-state index in [0.717, 1.165) is 46.4 Å². The topological polar surface area (TPSA) is 108 Å². The molecule has 0 aliphatic rings. The number of H-pyrrole nitrogens is 1. The molecule has 4 rings (SSSR count). The number of nitrogens with one attached hydrogen (secondary N) is 3. The molecule has 1 atom stereocenters. The van der Waals surface area contributed by atoms with Gasteiger partial charge >= 0.3 is 0 Å². The number of aromatic nitrogens is 6. The van der Waals surface area contributed by atoms with Gasteiger partial charge in [-0.25, -0.2) is 9.97 Å². The van der Waals surface area contributed by atoms with E-state index in [2.05, 4.69) is 50.6 Å². The Hall–Kier alpha value is -2.82. The Morgan fingerprint density at radius 2 is 2.17 bits per heavy atom. The highest BCUT2D eigenvalue weighted by molar-refractivity contribution is 7.10. The van der Waals surface area contributed by atoms with Gasteiger partial charge in [0.15, 0.2) is 11.5 Å². The van der Waals surface area contributed by atoms with Gasteiger partial charge in [0.1, 0.15) is 22.8 Å². The lowest BCUT2D eigenvalue weighted by molar-refractivity contribution is -0.961. The van der Waals surface area contributed by atoms with E-state index in [9.17, 15) is 5.11 Å². The van der Waals surface area contributed by atoms with Crippen molar-refractivity contribution in [3.63, 3.8) is 0 Å². The van der Waals surface area contributed by atoms with Crippen molar-refractivity contribution >= 4 is 28.0 Å². The molecule has 4 N–H and O–H groups in total. The Kier molecular flexibility index (Phi) is 5.54. The molecule has 0 bridgehead atoms. The number of quaternary nitrogens is 1. The molecule has 9 nitrogen and oxygen atoms in total. The summed E-state index contributed by atoms with van der Waals surface area (Å²) in [6.07, 6.45) is 7.41. The zero-order valence-corrected chi connectivity index (χ0v) is 18.4. The zero-order chi connectivity index (χ0) is 21.3. The van der Waals surface area contributed by atoms with Gasteiger partial charge in [0.25, 0.3) is 0 Å². The van der Waals surface area contributed by atoms with E-state index in [-0.39, 0.29) is 12.1 Å². The fourth-order valence-electron chi connectivity index (χ4n) is 3.54. The number of hydrogen-bond donors (Lipinski definition) is 4. The van der Waals surface area contributed by atoms with Gasteiger partial charge in [-0.05, 0) is 39.2 Å². The number of hydrogen-bond acceptors (Lipinski definition) is 7. The molecular formula is C20H27N8OS+. The van der Waals surface area contributed by atoms with Gasteiger partial charge in [0.2, 0.25) is 0 Å². The van der Waals surface area contributed by atoms with Crippen molar-refractivity contribution < 1.29 is 10.0 Å². The van der Waals surface area contributed by atoms with Gasteiger partial charge in [-0.3, -0.25) is 9.50 Å². The molecule has 0 aliphatic carbocycles. The number of anilines is 2. The zero-order valence-electron chi connectivity index (χ0n) is 17.6. The highest BCUT2D eigenvalue weighted by atomic mass is 32.1. The second-order valence-electron chi connectivity index (χ2n) is 8.04. The Labute approximate surface area is 179 Å². The third-order valence-corrected chi connectivity index (χ3v) is 6.12. The minimum Gasteiger partial charge on any atom is -0.390 e. The van der Waals surface area contributed by atoms with Crippen LogP contribution in [-0.2, 0) is 6.54 Å². The summed E-state index contributed by atoms with van der Waals surface area (Å²) in [6.45, 7) is 10.0. The molecule has 0 saturated heterocycles. The molecule has 158 valence electrons. The fourth-order valence-corrected chi connectivity index (χ4v) is 4.21. The Bertz CT molecular complexity index is 1130. The lowest BCUT2D eigenvalue weighted by atomic mass is 10.0. The molecule has 0 aromatic carbocycles. The molecule has 0 amide bonds. The number of likely N-dealkylation sites (N-methyl/N-ethyl adjacent to an activating group) is 1. The summed E-state index contributed by atoms with van der Waals surface area (Å²) in [7, 11) is 0. The number of aliphatic hydroxyl groups is 1. The van der Waals surface area contributed by atoms with Gasteiger partial charge in [-0.15, -0.1) is 0 Å². The molecule has 0 saturated carbocycles. The Balaban J connectivity index is 1.60. The molecule has 1 unspecified atom stereocenters. The lowest BCUT2D eigenvalue weighted by Gasteiger charge is -2.32. The van der Waals surface area contributed by atoms with Crippen molar-refractivity contribution in [2.45, 2.75) is 39.8 Å². The average molecular weight is 428 g/mol. The van der Waals surface area contributed by atoms with E-state index in [1.54, 1.807) is 6.20 Å². The molecule has 30 heavy (non-hydrogen) atoms. The van der Waals surface area contributed by atoms with Gasteiger partial charge < -0.3 is 15.3 Å². The number of imidazole rings is 1. The van der Waals surface area contributed by atoms with Crippen LogP contribution in [0.15, 0.2) is 30.9 Å². The summed E-state index contributed by atoms with van der Waals surface area (Å²) >= 11 is 1.41. The van der Waals surface area contributed by atoms with Crippen molar-refractivity contribution in [3.8, 4) is 11.3 Å². The number of aromatic amines is 1. The van der Waals surface area contributed by atoms with Crippen LogP contribution in [0.5, 0.6) is 0 Å². The molecule has 4 aromatic heterocycles. The summed E-state index contributed by atoms with van der Waals surface area (Å²) in [5.74, 6) is 0.690. The van der Waals surface area contributed by atoms with Crippen LogP contribution in [0.3, 0.4) is 0 Å². The van der Waals surface area contributed by atoms with Crippen LogP contribution in [0.2, 0.25) is 0 Å². The summed E-state index contributed by atoms with van der Waals surface area (Å²) in [4.78, 5) is 10.5. The monoisotopic (exact) mass is 427 g/mol. The molecule has 4 aromatic rings. The normalized spacial score (nSPS) is 13.1. The first-order valence-corrected chi connectivity index (χ1v) is 10.7. The van der Waals surface area contributed by atoms with Crippen LogP contribution in [0.25, 0.3) is 16.9 Å². The summed E-state index contributed by atoms with van der Waals surface area (Å²) in [5, 5.41) is 20.9. The number of rotatable bonds is 8. The highest BCUT2D eigenvalue weighted by Crippen LogP contribution is 2.27. The van der Waals surface area contributed by atoms with Gasteiger partial charge in [-0.1, -0.05) is 0 Å². The van der Waals surface area contributed by atoms with Crippen LogP contribution < -0.4 is 10.2 Å². The Morgan fingerprint density at radius 1 is 1.33 bits per heavy atom. The quantitative estimate of drug-likeness (QED) is 0.342. The molecule has 0 radical (unpaired) electrons. The van der Waals surface area contributed by atoms with Gasteiger partial charge in [0, 0.05) is 24.0 Å². The largest absolute Gasteiger partial charge is 0.390 e. The third kappa shape index (κ3) is 3.93. The van der Waals surface area contributed by atoms with E-state index in [1.165, 1.54) is 16.4 Å². The number of aliphatic hydroxyl groups excluding tert-OH is 1. The van der Waals surface area contributed by atoms with Crippen LogP contribution in [-0.4, -0.2) is 52.7 Å². The van der Waals surface area contributed by atoms with E-state index < -0.39 is 0 Å². The third-order valence-electron chi connectivity index (χ3n) is 5.38. The Morgan fingerprint density at radius 3 is 2.87 bits per heavy atom. The lowest BCUT2D eigenvalue weighted by Crippen LogP contribution is -3.18. The van der Waals surface area contributed by atoms with Crippen molar-refractivity contribution in [3.05, 3.63) is 42.2 Å². The van der Waals surface area contributed by atoms with Crippen molar-refractivity contribution in [1.82, 2.24) is 28.9 Å². The molecule has 0 spiro atoms. The molecule has 10 heteroatoms. The van der Waals surface area contributed by atoms with Crippen LogP contribution in [0, 0.1) is 6.92 Å². The molecular weight excluding hydrogens is 400 g/mol. The molecule has 0 fully saturated rings. The maximum absolute atomic E-state index is 9.70. The van der Waals surface area contributed by atoms with E-state index >= 15 is 0 Å². The van der Waals surface area contributed by atoms with Crippen LogP contribution in [0.4, 0.5) is 10.8 Å². The molecule has 0 aliphatic heterocycles. The first-order valence-electron chi connectivity index (χ1n) is 9.93. The van der Waals surface area contributed by atoms with Crippen molar-refractivity contribution in [2.75, 3.05) is 18.5 Å². The number of fused-ring (bicyclic) bond motifs is 1. The van der Waals surface area contributed by atoms with E-state index in [4.69, 9.17) is 0 Å². The summed E-state index contributed by atoms with van der Waals surface area (Å²) in [5.41, 5.74) is 4.32. The summed E-state index contributed by atoms with van der Waals surface area (Å²) < 4.78 is 6.62. The minimum atomic E-state index is -0.213. The second-order valence-corrected chi connectivity index (χ2v) is 8.84. The standard InChI is InChI=1S/C20H26N8OS/c1-5-27(20(3,4)12-29)11-15-6-17(30-26-15)25-18-19-21-9-16(14-7-22-23-8-14)28(19)10-13(2)24-18/h6-10,29H,5,11-12H2,1-4H3,(H,22,23)(H,24,25)/p+1. The fraction of sp³-hybridized carbons (Fsp3) is 0.400. The van der Waals surface area contributed by atoms with Gasteiger partial charge in [0.05, 0.1) is 36.9 Å². The molecule has 4 heterocycles. The first-order chi connectivity index (χ1) is 14.4. The van der Waals surface area contributed by atoms with Crippen LogP contribution >= 0.6 is 11.5 Å². The summed E-state index contributed by atoms with van der Waals surface area (Å²) in [6, 6.07) is 2.05. The smallest absolute Gasteiger partial charge is 0.180 e. The first kappa shape index (κ1) is 20.5. The van der Waals surface area contributed by atoms with Crippen LogP contribution in [0.1, 0.15) is 32.2 Å². The predicted octanol–water partition coefficient (Wildman–Crippen LogP) is 1.80. The predicted molar refractivity (Wildman–Crippen MR) is 117 cm³/mol. The maximum Gasteiger partial charge on any atom is 0.180 e. The minimum absolute atomic E-state index is 0.134.